The number of nitrogens with zero attached hydrogens (tertiary/aromatic N) is 2. The number of carbonyl (C=O) groups is 1. The Hall–Kier alpha value is -1.46. The summed E-state index contributed by atoms with van der Waals surface area (Å²) in [6.07, 6.45) is 1.15. The van der Waals surface area contributed by atoms with Crippen LogP contribution in [0.3, 0.4) is 0 Å². The van der Waals surface area contributed by atoms with Crippen LogP contribution in [-0.4, -0.2) is 55.5 Å². The second kappa shape index (κ2) is 6.75. The molecule has 1 amide bonds. The number of carbonyl (C=O) groups excluding carboxylic acids is 1. The van der Waals surface area contributed by atoms with Crippen molar-refractivity contribution in [1.29, 1.82) is 0 Å². The van der Waals surface area contributed by atoms with Gasteiger partial charge in [-0.3, -0.25) is 14.6 Å². The molecule has 1 N–H and O–H groups in total. The summed E-state index contributed by atoms with van der Waals surface area (Å²) in [5, 5.41) is 2.69. The normalized spacial score (nSPS) is 25.9. The minimum absolute atomic E-state index is 0.0908. The van der Waals surface area contributed by atoms with Gasteiger partial charge in [0.05, 0.1) is 6.54 Å². The summed E-state index contributed by atoms with van der Waals surface area (Å²) in [5.74, 6) is 1.28. The minimum atomic E-state index is -0.161. The SMILES string of the molecule is CNC(=O)CN1CC[C@@H]2CN(Cc3cccc(F)c3)C[C@@H]2C1. The molecule has 0 aromatic heterocycles. The first-order chi connectivity index (χ1) is 10.6. The van der Waals surface area contributed by atoms with Gasteiger partial charge in [-0.25, -0.2) is 4.39 Å². The van der Waals surface area contributed by atoms with Crippen molar-refractivity contribution in [3.05, 3.63) is 35.6 Å². The van der Waals surface area contributed by atoms with E-state index < -0.39 is 0 Å². The molecule has 2 atom stereocenters. The van der Waals surface area contributed by atoms with Gasteiger partial charge < -0.3 is 5.32 Å². The van der Waals surface area contributed by atoms with Crippen molar-refractivity contribution in [2.45, 2.75) is 13.0 Å². The highest BCUT2D eigenvalue weighted by atomic mass is 19.1. The lowest BCUT2D eigenvalue weighted by Gasteiger charge is -2.33. The van der Waals surface area contributed by atoms with Gasteiger partial charge in [-0.2, -0.15) is 0 Å². The van der Waals surface area contributed by atoms with Gasteiger partial charge in [-0.15, -0.1) is 0 Å². The summed E-state index contributed by atoms with van der Waals surface area (Å²) in [4.78, 5) is 16.2. The van der Waals surface area contributed by atoms with E-state index in [0.29, 0.717) is 12.5 Å². The van der Waals surface area contributed by atoms with E-state index in [9.17, 15) is 9.18 Å². The van der Waals surface area contributed by atoms with Crippen molar-refractivity contribution in [3.63, 3.8) is 0 Å². The first-order valence-electron chi connectivity index (χ1n) is 8.04. The zero-order valence-corrected chi connectivity index (χ0v) is 13.1. The molecule has 2 saturated heterocycles. The summed E-state index contributed by atoms with van der Waals surface area (Å²) < 4.78 is 13.3. The highest BCUT2D eigenvalue weighted by Crippen LogP contribution is 2.31. The Balaban J connectivity index is 1.54. The minimum Gasteiger partial charge on any atom is -0.358 e. The van der Waals surface area contributed by atoms with Crippen molar-refractivity contribution in [2.75, 3.05) is 39.8 Å². The van der Waals surface area contributed by atoms with Gasteiger partial charge in [0.25, 0.3) is 0 Å². The third kappa shape index (κ3) is 3.65. The van der Waals surface area contributed by atoms with Gasteiger partial charge in [-0.05, 0) is 42.5 Å². The van der Waals surface area contributed by atoms with E-state index in [1.165, 1.54) is 6.07 Å². The standard InChI is InChI=1S/C17H24FN3O/c1-19-17(22)12-20-6-5-14-9-21(11-15(14)10-20)8-13-3-2-4-16(18)7-13/h2-4,7,14-15H,5-6,8-12H2,1H3,(H,19,22)/t14-,15+/m1/s1. The molecule has 5 heteroatoms. The van der Waals surface area contributed by atoms with E-state index in [0.717, 1.165) is 50.6 Å². The molecule has 2 aliphatic heterocycles. The van der Waals surface area contributed by atoms with Crippen LogP contribution in [0.1, 0.15) is 12.0 Å². The Kier molecular flexibility index (Phi) is 4.74. The molecular formula is C17H24FN3O. The van der Waals surface area contributed by atoms with Crippen molar-refractivity contribution < 1.29 is 9.18 Å². The number of piperidine rings is 1. The quantitative estimate of drug-likeness (QED) is 0.911. The molecule has 4 nitrogen and oxygen atoms in total. The fraction of sp³-hybridized carbons (Fsp3) is 0.588. The topological polar surface area (TPSA) is 35.6 Å². The lowest BCUT2D eigenvalue weighted by atomic mass is 9.89. The average Bonchev–Trinajstić information content (AvgIpc) is 2.88. The molecule has 2 heterocycles. The second-order valence-electron chi connectivity index (χ2n) is 6.54. The smallest absolute Gasteiger partial charge is 0.233 e. The number of hydrogen-bond donors (Lipinski definition) is 1. The Bertz CT molecular complexity index is 536. The van der Waals surface area contributed by atoms with E-state index in [1.54, 1.807) is 19.2 Å². The molecule has 0 spiro atoms. The highest BCUT2D eigenvalue weighted by Gasteiger charge is 2.37. The van der Waals surface area contributed by atoms with Gasteiger partial charge in [0.15, 0.2) is 0 Å². The predicted molar refractivity (Wildman–Crippen MR) is 83.8 cm³/mol. The third-order valence-corrected chi connectivity index (χ3v) is 4.90. The molecule has 3 rings (SSSR count). The van der Waals surface area contributed by atoms with Gasteiger partial charge in [0.1, 0.15) is 5.82 Å². The number of amides is 1. The van der Waals surface area contributed by atoms with Gasteiger partial charge >= 0.3 is 0 Å². The maximum Gasteiger partial charge on any atom is 0.233 e. The van der Waals surface area contributed by atoms with Crippen LogP contribution in [0, 0.1) is 17.7 Å². The largest absolute Gasteiger partial charge is 0.358 e. The molecule has 1 aromatic carbocycles. The monoisotopic (exact) mass is 305 g/mol. The maximum atomic E-state index is 13.3. The van der Waals surface area contributed by atoms with Gasteiger partial charge in [0, 0.05) is 33.2 Å². The number of likely N-dealkylation sites (N-methyl/N-ethyl adjacent to an activating group) is 1. The number of hydrogen-bond acceptors (Lipinski definition) is 3. The van der Waals surface area contributed by atoms with Crippen LogP contribution in [-0.2, 0) is 11.3 Å². The third-order valence-electron chi connectivity index (χ3n) is 4.90. The van der Waals surface area contributed by atoms with Crippen LogP contribution in [0.15, 0.2) is 24.3 Å². The predicted octanol–water partition coefficient (Wildman–Crippen LogP) is 1.33. The first-order valence-corrected chi connectivity index (χ1v) is 8.04. The van der Waals surface area contributed by atoms with E-state index >= 15 is 0 Å². The average molecular weight is 305 g/mol. The maximum absolute atomic E-state index is 13.3. The van der Waals surface area contributed by atoms with E-state index in [-0.39, 0.29) is 11.7 Å². The number of benzene rings is 1. The van der Waals surface area contributed by atoms with Crippen LogP contribution in [0.2, 0.25) is 0 Å². The summed E-state index contributed by atoms with van der Waals surface area (Å²) in [5.41, 5.74) is 1.04. The van der Waals surface area contributed by atoms with Crippen molar-refractivity contribution in [1.82, 2.24) is 15.1 Å². The van der Waals surface area contributed by atoms with Gasteiger partial charge in [0.2, 0.25) is 5.91 Å². The van der Waals surface area contributed by atoms with Crippen LogP contribution in [0.4, 0.5) is 4.39 Å². The Labute approximate surface area is 131 Å². The summed E-state index contributed by atoms with van der Waals surface area (Å²) in [6.45, 7) is 5.46. The number of rotatable bonds is 4. The van der Waals surface area contributed by atoms with E-state index in [4.69, 9.17) is 0 Å². The zero-order valence-electron chi connectivity index (χ0n) is 13.1. The fourth-order valence-corrected chi connectivity index (χ4v) is 3.79. The molecular weight excluding hydrogens is 281 g/mol. The van der Waals surface area contributed by atoms with Crippen molar-refractivity contribution in [2.24, 2.45) is 11.8 Å². The van der Waals surface area contributed by atoms with Crippen molar-refractivity contribution in [3.8, 4) is 0 Å². The molecule has 22 heavy (non-hydrogen) atoms. The number of halogens is 1. The molecule has 0 unspecified atom stereocenters. The summed E-state index contributed by atoms with van der Waals surface area (Å²) in [6, 6.07) is 6.88. The first kappa shape index (κ1) is 15.4. The summed E-state index contributed by atoms with van der Waals surface area (Å²) >= 11 is 0. The summed E-state index contributed by atoms with van der Waals surface area (Å²) in [7, 11) is 1.69. The van der Waals surface area contributed by atoms with Crippen LogP contribution in [0.5, 0.6) is 0 Å². The molecule has 2 fully saturated rings. The fourth-order valence-electron chi connectivity index (χ4n) is 3.79. The van der Waals surface area contributed by atoms with E-state index in [2.05, 4.69) is 15.1 Å². The molecule has 0 radical (unpaired) electrons. The van der Waals surface area contributed by atoms with E-state index in [1.807, 2.05) is 6.07 Å². The Morgan fingerprint density at radius 3 is 2.82 bits per heavy atom. The molecule has 1 aromatic rings. The molecule has 0 bridgehead atoms. The number of likely N-dealkylation sites (tertiary alicyclic amines) is 2. The molecule has 0 aliphatic carbocycles. The zero-order chi connectivity index (χ0) is 15.5. The number of fused-ring (bicyclic) bond motifs is 1. The van der Waals surface area contributed by atoms with Crippen LogP contribution >= 0.6 is 0 Å². The second-order valence-corrected chi connectivity index (χ2v) is 6.54. The van der Waals surface area contributed by atoms with Crippen LogP contribution in [0.25, 0.3) is 0 Å². The number of nitrogens with one attached hydrogen (secondary N) is 1. The molecule has 2 aliphatic rings. The Morgan fingerprint density at radius 2 is 2.05 bits per heavy atom. The van der Waals surface area contributed by atoms with Crippen LogP contribution < -0.4 is 5.32 Å². The lowest BCUT2D eigenvalue weighted by molar-refractivity contribution is -0.122. The van der Waals surface area contributed by atoms with Crippen molar-refractivity contribution >= 4 is 5.91 Å². The Morgan fingerprint density at radius 1 is 1.27 bits per heavy atom. The van der Waals surface area contributed by atoms with Gasteiger partial charge in [-0.1, -0.05) is 12.1 Å². The molecule has 0 saturated carbocycles. The highest BCUT2D eigenvalue weighted by molar-refractivity contribution is 5.77. The lowest BCUT2D eigenvalue weighted by Crippen LogP contribution is -2.44. The molecule has 120 valence electrons.